The van der Waals surface area contributed by atoms with Crippen LogP contribution in [0.4, 0.5) is 13.2 Å². The van der Waals surface area contributed by atoms with Crippen molar-refractivity contribution in [2.75, 3.05) is 0 Å². The molecule has 0 amide bonds. The third-order valence-corrected chi connectivity index (χ3v) is 2.54. The van der Waals surface area contributed by atoms with Crippen LogP contribution in [-0.4, -0.2) is 12.0 Å². The molecule has 1 nitrogen and oxygen atoms in total. The zero-order valence-electron chi connectivity index (χ0n) is 7.81. The molecule has 0 aromatic heterocycles. The Hall–Kier alpha value is -0.840. The van der Waals surface area contributed by atoms with Gasteiger partial charge in [-0.25, -0.2) is 0 Å². The van der Waals surface area contributed by atoms with Crippen molar-refractivity contribution in [1.82, 2.24) is 0 Å². The molecule has 0 heterocycles. The van der Waals surface area contributed by atoms with Crippen LogP contribution in [0.15, 0.2) is 28.7 Å². The minimum atomic E-state index is -4.48. The molecule has 0 bridgehead atoms. The van der Waals surface area contributed by atoms with Crippen LogP contribution in [-0.2, 0) is 0 Å². The molecule has 1 aromatic carbocycles. The first kappa shape index (κ1) is 12.2. The normalized spacial score (nSPS) is 13.7. The van der Waals surface area contributed by atoms with E-state index >= 15 is 0 Å². The lowest BCUT2D eigenvalue weighted by molar-refractivity contribution is -0.155. The summed E-state index contributed by atoms with van der Waals surface area (Å²) in [5.74, 6) is -2.87. The second kappa shape index (κ2) is 4.35. The number of ketones is 1. The number of Topliss-reactive ketones (excluding diaryl/α,β-unsaturated/α-hetero) is 1. The minimum absolute atomic E-state index is 0.0722. The molecule has 0 radical (unpaired) electrons. The SMILES string of the molecule is CC(C(=O)c1ccc(Br)cc1)C(F)(F)F. The van der Waals surface area contributed by atoms with E-state index in [0.717, 1.165) is 11.4 Å². The summed E-state index contributed by atoms with van der Waals surface area (Å²) in [5, 5.41) is 0. The average molecular weight is 281 g/mol. The molecule has 0 saturated heterocycles. The van der Waals surface area contributed by atoms with E-state index in [0.29, 0.717) is 0 Å². The van der Waals surface area contributed by atoms with Gasteiger partial charge in [-0.3, -0.25) is 4.79 Å². The first-order chi connectivity index (χ1) is 6.82. The standard InChI is InChI=1S/C10H8BrF3O/c1-6(10(12,13)14)9(15)7-2-4-8(11)5-3-7/h2-6H,1H3. The molecule has 0 saturated carbocycles. The molecule has 0 aliphatic heterocycles. The lowest BCUT2D eigenvalue weighted by Crippen LogP contribution is -2.27. The maximum absolute atomic E-state index is 12.2. The highest BCUT2D eigenvalue weighted by Crippen LogP contribution is 2.28. The number of hydrogen-bond donors (Lipinski definition) is 0. The van der Waals surface area contributed by atoms with Crippen molar-refractivity contribution < 1.29 is 18.0 Å². The van der Waals surface area contributed by atoms with Crippen molar-refractivity contribution in [3.8, 4) is 0 Å². The summed E-state index contributed by atoms with van der Waals surface area (Å²) < 4.78 is 37.4. The first-order valence-corrected chi connectivity index (χ1v) is 4.98. The number of benzene rings is 1. The fourth-order valence-electron chi connectivity index (χ4n) is 1.01. The molecule has 0 aliphatic rings. The summed E-state index contributed by atoms with van der Waals surface area (Å²) in [7, 11) is 0. The smallest absolute Gasteiger partial charge is 0.294 e. The number of halogens is 4. The molecule has 5 heteroatoms. The minimum Gasteiger partial charge on any atom is -0.294 e. The molecule has 1 rings (SSSR count). The Labute approximate surface area is 93.4 Å². The number of carbonyl (C=O) groups is 1. The number of alkyl halides is 3. The molecular formula is C10H8BrF3O. The number of carbonyl (C=O) groups excluding carboxylic acids is 1. The van der Waals surface area contributed by atoms with E-state index in [-0.39, 0.29) is 5.56 Å². The van der Waals surface area contributed by atoms with E-state index in [1.165, 1.54) is 24.3 Å². The second-order valence-electron chi connectivity index (χ2n) is 3.13. The van der Waals surface area contributed by atoms with Crippen LogP contribution in [0.25, 0.3) is 0 Å². The summed E-state index contributed by atoms with van der Waals surface area (Å²) in [4.78, 5) is 11.4. The molecule has 82 valence electrons. The molecule has 1 atom stereocenters. The Balaban J connectivity index is 2.90. The van der Waals surface area contributed by atoms with E-state index in [1.807, 2.05) is 0 Å². The summed E-state index contributed by atoms with van der Waals surface area (Å²) in [6.45, 7) is 0.865. The van der Waals surface area contributed by atoms with E-state index in [4.69, 9.17) is 0 Å². The summed E-state index contributed by atoms with van der Waals surface area (Å²) >= 11 is 3.14. The number of hydrogen-bond acceptors (Lipinski definition) is 1. The van der Waals surface area contributed by atoms with Gasteiger partial charge < -0.3 is 0 Å². The monoisotopic (exact) mass is 280 g/mol. The van der Waals surface area contributed by atoms with Gasteiger partial charge in [-0.2, -0.15) is 13.2 Å². The van der Waals surface area contributed by atoms with Crippen molar-refractivity contribution in [2.24, 2.45) is 5.92 Å². The van der Waals surface area contributed by atoms with Crippen LogP contribution < -0.4 is 0 Å². The summed E-state index contributed by atoms with van der Waals surface area (Å²) in [6.07, 6.45) is -4.48. The highest BCUT2D eigenvalue weighted by Gasteiger charge is 2.41. The van der Waals surface area contributed by atoms with Crippen LogP contribution in [0.3, 0.4) is 0 Å². The largest absolute Gasteiger partial charge is 0.398 e. The first-order valence-electron chi connectivity index (χ1n) is 4.19. The third kappa shape index (κ3) is 3.06. The molecule has 0 aliphatic carbocycles. The van der Waals surface area contributed by atoms with Gasteiger partial charge in [0.1, 0.15) is 5.92 Å². The van der Waals surface area contributed by atoms with Crippen molar-refractivity contribution in [3.63, 3.8) is 0 Å². The van der Waals surface area contributed by atoms with Gasteiger partial charge in [-0.1, -0.05) is 28.1 Å². The molecule has 0 spiro atoms. The summed E-state index contributed by atoms with van der Waals surface area (Å²) in [5.41, 5.74) is 0.0722. The average Bonchev–Trinajstić information content (AvgIpc) is 2.15. The number of rotatable bonds is 2. The highest BCUT2D eigenvalue weighted by molar-refractivity contribution is 9.10. The van der Waals surface area contributed by atoms with Gasteiger partial charge in [0.15, 0.2) is 5.78 Å². The maximum Gasteiger partial charge on any atom is 0.398 e. The third-order valence-electron chi connectivity index (χ3n) is 2.01. The van der Waals surface area contributed by atoms with Gasteiger partial charge in [-0.05, 0) is 19.1 Å². The second-order valence-corrected chi connectivity index (χ2v) is 4.05. The van der Waals surface area contributed by atoms with Crippen LogP contribution in [0.2, 0.25) is 0 Å². The Morgan fingerprint density at radius 2 is 1.73 bits per heavy atom. The zero-order valence-corrected chi connectivity index (χ0v) is 9.39. The zero-order chi connectivity index (χ0) is 11.6. The van der Waals surface area contributed by atoms with Crippen molar-refractivity contribution in [2.45, 2.75) is 13.1 Å². The van der Waals surface area contributed by atoms with Gasteiger partial charge in [0.05, 0.1) is 0 Å². The van der Waals surface area contributed by atoms with E-state index < -0.39 is 17.9 Å². The maximum atomic E-state index is 12.2. The predicted molar refractivity (Wildman–Crippen MR) is 53.7 cm³/mol. The van der Waals surface area contributed by atoms with Gasteiger partial charge in [0.25, 0.3) is 0 Å². The van der Waals surface area contributed by atoms with Gasteiger partial charge in [0.2, 0.25) is 0 Å². The van der Waals surface area contributed by atoms with Crippen LogP contribution in [0.1, 0.15) is 17.3 Å². The van der Waals surface area contributed by atoms with Crippen LogP contribution in [0, 0.1) is 5.92 Å². The Bertz CT molecular complexity index is 356. The molecule has 0 fully saturated rings. The quantitative estimate of drug-likeness (QED) is 0.753. The van der Waals surface area contributed by atoms with E-state index in [9.17, 15) is 18.0 Å². The van der Waals surface area contributed by atoms with Crippen molar-refractivity contribution in [1.29, 1.82) is 0 Å². The highest BCUT2D eigenvalue weighted by atomic mass is 79.9. The lowest BCUT2D eigenvalue weighted by Gasteiger charge is -2.14. The molecule has 0 N–H and O–H groups in total. The summed E-state index contributed by atoms with van der Waals surface area (Å²) in [6, 6.07) is 5.82. The Kier molecular flexibility index (Phi) is 3.54. The van der Waals surface area contributed by atoms with E-state index in [1.54, 1.807) is 0 Å². The van der Waals surface area contributed by atoms with Crippen molar-refractivity contribution >= 4 is 21.7 Å². The molecular weight excluding hydrogens is 273 g/mol. The topological polar surface area (TPSA) is 17.1 Å². The van der Waals surface area contributed by atoms with Gasteiger partial charge in [0, 0.05) is 10.0 Å². The fraction of sp³-hybridized carbons (Fsp3) is 0.300. The predicted octanol–water partition coefficient (Wildman–Crippen LogP) is 3.83. The lowest BCUT2D eigenvalue weighted by atomic mass is 9.99. The molecule has 1 aromatic rings. The van der Waals surface area contributed by atoms with Gasteiger partial charge >= 0.3 is 6.18 Å². The molecule has 1 unspecified atom stereocenters. The Morgan fingerprint density at radius 1 is 1.27 bits per heavy atom. The van der Waals surface area contributed by atoms with Gasteiger partial charge in [-0.15, -0.1) is 0 Å². The van der Waals surface area contributed by atoms with Crippen LogP contribution >= 0.6 is 15.9 Å². The van der Waals surface area contributed by atoms with E-state index in [2.05, 4.69) is 15.9 Å². The van der Waals surface area contributed by atoms with Crippen molar-refractivity contribution in [3.05, 3.63) is 34.3 Å². The van der Waals surface area contributed by atoms with Crippen LogP contribution in [0.5, 0.6) is 0 Å². The fourth-order valence-corrected chi connectivity index (χ4v) is 1.28. The molecule has 15 heavy (non-hydrogen) atoms. The Morgan fingerprint density at radius 3 is 2.13 bits per heavy atom.